The van der Waals surface area contributed by atoms with E-state index in [1.807, 2.05) is 0 Å². The summed E-state index contributed by atoms with van der Waals surface area (Å²) in [4.78, 5) is 17.2. The van der Waals surface area contributed by atoms with Crippen LogP contribution in [0, 0.1) is 5.82 Å². The molecule has 13 heteroatoms. The summed E-state index contributed by atoms with van der Waals surface area (Å²) in [7, 11) is 1.38. The van der Waals surface area contributed by atoms with E-state index in [0.29, 0.717) is 10.9 Å². The summed E-state index contributed by atoms with van der Waals surface area (Å²) in [6.45, 7) is 0.346. The molecule has 0 saturated heterocycles. The number of aliphatic hydroxyl groups excluding tert-OH is 1. The third-order valence-electron chi connectivity index (χ3n) is 7.27. The van der Waals surface area contributed by atoms with Gasteiger partial charge < -0.3 is 35.3 Å². The van der Waals surface area contributed by atoms with Crippen LogP contribution in [0.2, 0.25) is 0 Å². The van der Waals surface area contributed by atoms with E-state index >= 15 is 0 Å². The largest absolute Gasteiger partial charge is 0.495 e. The lowest BCUT2D eigenvalue weighted by molar-refractivity contribution is -0.265. The molecule has 0 radical (unpaired) electrons. The molecule has 42 heavy (non-hydrogen) atoms. The van der Waals surface area contributed by atoms with Crippen molar-refractivity contribution in [3.63, 3.8) is 0 Å². The number of halogens is 4. The SMILES string of the molecule is COc1cc(C(=O)NCC(O)(c2cc3c(c(-c4ccc(F)cc4)n2)OCC3(C)N)C(F)(F)F)cc2ccn(CCO)c12. The normalized spacial score (nSPS) is 17.9. The fourth-order valence-corrected chi connectivity index (χ4v) is 4.95. The monoisotopic (exact) mass is 588 g/mol. The van der Waals surface area contributed by atoms with E-state index in [1.165, 1.54) is 31.4 Å². The number of nitrogens with one attached hydrogen (secondary N) is 1. The van der Waals surface area contributed by atoms with Crippen LogP contribution in [0.25, 0.3) is 22.2 Å². The number of methoxy groups -OCH3 is 1. The summed E-state index contributed by atoms with van der Waals surface area (Å²) < 4.78 is 70.1. The van der Waals surface area contributed by atoms with E-state index in [-0.39, 0.29) is 53.6 Å². The first-order valence-corrected chi connectivity index (χ1v) is 12.9. The van der Waals surface area contributed by atoms with Crippen molar-refractivity contribution in [1.29, 1.82) is 0 Å². The highest BCUT2D eigenvalue weighted by molar-refractivity contribution is 6.00. The Balaban J connectivity index is 1.53. The van der Waals surface area contributed by atoms with E-state index in [4.69, 9.17) is 15.2 Å². The number of aliphatic hydroxyl groups is 2. The minimum Gasteiger partial charge on any atom is -0.495 e. The molecule has 2 aromatic heterocycles. The molecule has 2 unspecified atom stereocenters. The van der Waals surface area contributed by atoms with Crippen LogP contribution in [0.4, 0.5) is 17.6 Å². The second-order valence-corrected chi connectivity index (χ2v) is 10.3. The first-order valence-electron chi connectivity index (χ1n) is 12.9. The molecule has 5 N–H and O–H groups in total. The summed E-state index contributed by atoms with van der Waals surface area (Å²) in [5.74, 6) is -1.07. The van der Waals surface area contributed by atoms with Gasteiger partial charge in [0.25, 0.3) is 5.91 Å². The fourth-order valence-electron chi connectivity index (χ4n) is 4.95. The highest BCUT2D eigenvalue weighted by atomic mass is 19.4. The number of carbonyl (C=O) groups is 1. The first-order chi connectivity index (χ1) is 19.8. The van der Waals surface area contributed by atoms with Crippen LogP contribution < -0.4 is 20.5 Å². The third-order valence-corrected chi connectivity index (χ3v) is 7.27. The van der Waals surface area contributed by atoms with Crippen molar-refractivity contribution in [3.05, 3.63) is 77.4 Å². The molecule has 9 nitrogen and oxygen atoms in total. The van der Waals surface area contributed by atoms with Gasteiger partial charge in [0, 0.05) is 34.8 Å². The molecule has 3 heterocycles. The van der Waals surface area contributed by atoms with E-state index in [2.05, 4.69) is 10.3 Å². The predicted octanol–water partition coefficient (Wildman–Crippen LogP) is 3.59. The number of benzene rings is 2. The Morgan fingerprint density at radius 1 is 1.21 bits per heavy atom. The van der Waals surface area contributed by atoms with Crippen molar-refractivity contribution < 1.29 is 42.0 Å². The van der Waals surface area contributed by atoms with Crippen LogP contribution in [0.15, 0.2) is 54.7 Å². The van der Waals surface area contributed by atoms with Crippen molar-refractivity contribution in [2.24, 2.45) is 5.73 Å². The van der Waals surface area contributed by atoms with Crippen molar-refractivity contribution in [2.45, 2.75) is 30.8 Å². The van der Waals surface area contributed by atoms with Crippen molar-refractivity contribution in [3.8, 4) is 22.8 Å². The van der Waals surface area contributed by atoms with Crippen LogP contribution in [-0.2, 0) is 17.7 Å². The number of carbonyl (C=O) groups excluding carboxylic acids is 1. The summed E-state index contributed by atoms with van der Waals surface area (Å²) in [5.41, 5.74) is 1.57. The van der Waals surface area contributed by atoms with Crippen molar-refractivity contribution in [2.75, 3.05) is 26.9 Å². The number of fused-ring (bicyclic) bond motifs is 2. The molecule has 2 aromatic carbocycles. The topological polar surface area (TPSA) is 132 Å². The summed E-state index contributed by atoms with van der Waals surface area (Å²) >= 11 is 0. The Morgan fingerprint density at radius 2 is 1.93 bits per heavy atom. The van der Waals surface area contributed by atoms with Gasteiger partial charge in [-0.05, 0) is 55.5 Å². The Hall–Kier alpha value is -4.20. The molecule has 2 atom stereocenters. The van der Waals surface area contributed by atoms with Crippen LogP contribution in [0.1, 0.15) is 28.5 Å². The molecule has 0 saturated carbocycles. The molecule has 1 aliphatic heterocycles. The molecule has 0 spiro atoms. The van der Waals surface area contributed by atoms with Crippen LogP contribution in [0.3, 0.4) is 0 Å². The maximum Gasteiger partial charge on any atom is 0.424 e. The number of hydrogen-bond acceptors (Lipinski definition) is 7. The van der Waals surface area contributed by atoms with E-state index in [9.17, 15) is 32.6 Å². The zero-order valence-corrected chi connectivity index (χ0v) is 22.6. The van der Waals surface area contributed by atoms with Gasteiger partial charge in [-0.1, -0.05) is 0 Å². The number of nitrogens with two attached hydrogens (primary N) is 1. The van der Waals surface area contributed by atoms with Gasteiger partial charge in [0.05, 0.1) is 37.0 Å². The second kappa shape index (κ2) is 10.6. The molecule has 0 fully saturated rings. The third kappa shape index (κ3) is 5.03. The fraction of sp³-hybridized carbons (Fsp3) is 0.310. The van der Waals surface area contributed by atoms with Gasteiger partial charge in [-0.25, -0.2) is 9.37 Å². The van der Waals surface area contributed by atoms with E-state index in [0.717, 1.165) is 18.2 Å². The Bertz CT molecular complexity index is 1650. The summed E-state index contributed by atoms with van der Waals surface area (Å²) in [5, 5.41) is 23.2. The Labute approximate surface area is 237 Å². The number of ether oxygens (including phenoxy) is 2. The lowest BCUT2D eigenvalue weighted by Gasteiger charge is -2.31. The van der Waals surface area contributed by atoms with Gasteiger partial charge >= 0.3 is 6.18 Å². The van der Waals surface area contributed by atoms with Crippen LogP contribution >= 0.6 is 0 Å². The molecule has 1 amide bonds. The average Bonchev–Trinajstić information content (AvgIpc) is 3.50. The zero-order valence-electron chi connectivity index (χ0n) is 22.6. The Kier molecular flexibility index (Phi) is 7.37. The second-order valence-electron chi connectivity index (χ2n) is 10.3. The maximum absolute atomic E-state index is 14.6. The first kappa shape index (κ1) is 29.3. The molecule has 222 valence electrons. The van der Waals surface area contributed by atoms with Crippen LogP contribution in [-0.4, -0.2) is 58.7 Å². The highest BCUT2D eigenvalue weighted by Crippen LogP contribution is 2.46. The number of nitrogens with zero attached hydrogens (tertiary/aromatic N) is 2. The maximum atomic E-state index is 14.6. The Morgan fingerprint density at radius 3 is 2.57 bits per heavy atom. The van der Waals surface area contributed by atoms with Gasteiger partial charge in [-0.15, -0.1) is 0 Å². The smallest absolute Gasteiger partial charge is 0.424 e. The molecule has 5 rings (SSSR count). The van der Waals surface area contributed by atoms with E-state index in [1.54, 1.807) is 23.8 Å². The number of amides is 1. The van der Waals surface area contributed by atoms with Gasteiger partial charge in [0.1, 0.15) is 23.9 Å². The number of pyridine rings is 1. The van der Waals surface area contributed by atoms with Gasteiger partial charge in [-0.2, -0.15) is 13.2 Å². The number of hydrogen-bond donors (Lipinski definition) is 4. The quantitative estimate of drug-likeness (QED) is 0.232. The number of rotatable bonds is 8. The molecule has 1 aliphatic rings. The minimum atomic E-state index is -5.28. The summed E-state index contributed by atoms with van der Waals surface area (Å²) in [6.07, 6.45) is -3.60. The lowest BCUT2D eigenvalue weighted by atomic mass is 9.89. The van der Waals surface area contributed by atoms with Gasteiger partial charge in [0.2, 0.25) is 5.60 Å². The molecular formula is C29H28F4N4O5. The van der Waals surface area contributed by atoms with Gasteiger partial charge in [0.15, 0.2) is 5.75 Å². The molecule has 4 aromatic rings. The molecule has 0 aliphatic carbocycles. The number of alkyl halides is 3. The highest BCUT2D eigenvalue weighted by Gasteiger charge is 2.57. The average molecular weight is 589 g/mol. The van der Waals surface area contributed by atoms with Gasteiger partial charge in [-0.3, -0.25) is 4.79 Å². The summed E-state index contributed by atoms with van der Waals surface area (Å²) in [6, 6.07) is 10.4. The zero-order chi connectivity index (χ0) is 30.4. The molecule has 0 bridgehead atoms. The predicted molar refractivity (Wildman–Crippen MR) is 145 cm³/mol. The van der Waals surface area contributed by atoms with Crippen molar-refractivity contribution in [1.82, 2.24) is 14.9 Å². The standard InChI is InChI=1S/C29H28F4N4O5/c1-27(34)15-42-25-20(27)13-22(36-23(25)16-3-5-19(30)6-4-16)28(40,29(31,32)33)14-35-26(39)18-11-17-7-8-37(9-10-38)24(17)21(12-18)41-2/h3-8,11-13,38,40H,9-10,14-15,34H2,1-2H3,(H,35,39). The van der Waals surface area contributed by atoms with Crippen molar-refractivity contribution >= 4 is 16.8 Å². The minimum absolute atomic E-state index is 0.0116. The number of aromatic nitrogens is 2. The molecular weight excluding hydrogens is 560 g/mol. The van der Waals surface area contributed by atoms with E-state index < -0.39 is 41.3 Å². The lowest BCUT2D eigenvalue weighted by Crippen LogP contribution is -2.51. The van der Waals surface area contributed by atoms with Crippen LogP contribution in [0.5, 0.6) is 11.5 Å².